The van der Waals surface area contributed by atoms with Crippen LogP contribution in [0.2, 0.25) is 0 Å². The van der Waals surface area contributed by atoms with E-state index in [2.05, 4.69) is 45.2 Å². The summed E-state index contributed by atoms with van der Waals surface area (Å²) in [6.45, 7) is 1.20. The molecule has 1 aliphatic heterocycles. The Morgan fingerprint density at radius 2 is 1.70 bits per heavy atom. The first kappa shape index (κ1) is 17.7. The van der Waals surface area contributed by atoms with E-state index in [4.69, 9.17) is 4.74 Å². The summed E-state index contributed by atoms with van der Waals surface area (Å²) in [6, 6.07) is 22.2. The van der Waals surface area contributed by atoms with Crippen molar-refractivity contribution in [2.24, 2.45) is 0 Å². The summed E-state index contributed by atoms with van der Waals surface area (Å²) < 4.78 is 6.65. The van der Waals surface area contributed by atoms with E-state index < -0.39 is 0 Å². The molecule has 0 atom stereocenters. The monoisotopic (exact) mass is 422 g/mol. The van der Waals surface area contributed by atoms with E-state index in [1.807, 2.05) is 47.4 Å². The normalized spacial score (nSPS) is 13.9. The second-order valence-corrected chi connectivity index (χ2v) is 7.42. The Balaban J connectivity index is 1.30. The lowest BCUT2D eigenvalue weighted by Gasteiger charge is -2.38. The van der Waals surface area contributed by atoms with Gasteiger partial charge in [-0.3, -0.25) is 4.79 Å². The smallest absolute Gasteiger partial charge is 0.228 e. The molecule has 27 heavy (non-hydrogen) atoms. The molecule has 0 radical (unpaired) electrons. The quantitative estimate of drug-likeness (QED) is 0.613. The fraction of sp³-hybridized carbons (Fsp3) is 0.182. The number of pyridine rings is 1. The first-order valence-corrected chi connectivity index (χ1v) is 9.67. The third-order valence-electron chi connectivity index (χ3n) is 4.62. The Morgan fingerprint density at radius 1 is 1.00 bits per heavy atom. The van der Waals surface area contributed by atoms with Gasteiger partial charge in [0.2, 0.25) is 11.8 Å². The van der Waals surface area contributed by atoms with Crippen molar-refractivity contribution >= 4 is 21.8 Å². The molecule has 1 saturated heterocycles. The summed E-state index contributed by atoms with van der Waals surface area (Å²) in [5.74, 6) is 0.702. The molecule has 3 aromatic rings. The van der Waals surface area contributed by atoms with Gasteiger partial charge in [0.05, 0.1) is 24.0 Å². The summed E-state index contributed by atoms with van der Waals surface area (Å²) in [7, 11) is 0. The number of aromatic nitrogens is 1. The van der Waals surface area contributed by atoms with Gasteiger partial charge in [-0.2, -0.15) is 0 Å². The van der Waals surface area contributed by atoms with Crippen molar-refractivity contribution in [3.63, 3.8) is 0 Å². The zero-order valence-electron chi connectivity index (χ0n) is 14.7. The van der Waals surface area contributed by atoms with E-state index in [1.54, 1.807) is 6.20 Å². The predicted octanol–water partition coefficient (Wildman–Crippen LogP) is 4.34. The zero-order chi connectivity index (χ0) is 18.6. The molecule has 4 rings (SSSR count). The molecule has 2 aromatic carbocycles. The number of halogens is 1. The molecule has 0 aliphatic carbocycles. The number of nitrogens with zero attached hydrogens (tertiary/aromatic N) is 2. The molecule has 0 spiro atoms. The van der Waals surface area contributed by atoms with Gasteiger partial charge in [0.1, 0.15) is 6.10 Å². The van der Waals surface area contributed by atoms with Gasteiger partial charge in [-0.05, 0) is 44.8 Å². The molecule has 1 fully saturated rings. The predicted molar refractivity (Wildman–Crippen MR) is 109 cm³/mol. The molecule has 1 aromatic heterocycles. The maximum Gasteiger partial charge on any atom is 0.228 e. The number of ether oxygens (including phenoxy) is 1. The minimum absolute atomic E-state index is 0.000562. The van der Waals surface area contributed by atoms with Crippen molar-refractivity contribution in [2.75, 3.05) is 13.1 Å². The van der Waals surface area contributed by atoms with Crippen molar-refractivity contribution in [3.8, 4) is 17.0 Å². The lowest BCUT2D eigenvalue weighted by molar-refractivity contribution is -0.139. The Bertz CT molecular complexity index is 923. The van der Waals surface area contributed by atoms with E-state index in [9.17, 15) is 4.79 Å². The average Bonchev–Trinajstić information content (AvgIpc) is 2.67. The van der Waals surface area contributed by atoms with E-state index in [0.717, 1.165) is 15.6 Å². The highest BCUT2D eigenvalue weighted by atomic mass is 79.9. The van der Waals surface area contributed by atoms with Gasteiger partial charge in [0.15, 0.2) is 0 Å². The number of amides is 1. The lowest BCUT2D eigenvalue weighted by Crippen LogP contribution is -2.56. The van der Waals surface area contributed by atoms with Gasteiger partial charge in [-0.25, -0.2) is 4.98 Å². The van der Waals surface area contributed by atoms with Gasteiger partial charge in [0, 0.05) is 6.20 Å². The number of rotatable bonds is 5. The van der Waals surface area contributed by atoms with Crippen LogP contribution >= 0.6 is 15.9 Å². The van der Waals surface area contributed by atoms with Gasteiger partial charge >= 0.3 is 0 Å². The number of carbonyl (C=O) groups is 1. The molecule has 4 nitrogen and oxygen atoms in total. The molecular formula is C22H19BrN2O2. The Morgan fingerprint density at radius 3 is 2.41 bits per heavy atom. The zero-order valence-corrected chi connectivity index (χ0v) is 16.3. The van der Waals surface area contributed by atoms with Gasteiger partial charge < -0.3 is 9.64 Å². The van der Waals surface area contributed by atoms with Crippen LogP contribution in [0.5, 0.6) is 5.88 Å². The molecule has 1 aliphatic rings. The largest absolute Gasteiger partial charge is 0.470 e. The maximum atomic E-state index is 12.5. The van der Waals surface area contributed by atoms with Gasteiger partial charge in [0.25, 0.3) is 0 Å². The fourth-order valence-corrected chi connectivity index (χ4v) is 3.41. The Labute approximate surface area is 166 Å². The first-order valence-electron chi connectivity index (χ1n) is 8.88. The number of likely N-dealkylation sites (tertiary alicyclic amines) is 1. The average molecular weight is 423 g/mol. The highest BCUT2D eigenvalue weighted by molar-refractivity contribution is 9.10. The van der Waals surface area contributed by atoms with Gasteiger partial charge in [-0.1, -0.05) is 54.6 Å². The molecule has 0 N–H and O–H groups in total. The van der Waals surface area contributed by atoms with Crippen LogP contribution in [-0.4, -0.2) is 35.0 Å². The number of hydrogen-bond donors (Lipinski definition) is 0. The van der Waals surface area contributed by atoms with Crippen LogP contribution in [0.1, 0.15) is 5.56 Å². The SMILES string of the molecule is O=C(Cc1ccc(-c2ccccc2)cc1)N1CC(Oc2ncccc2Br)C1. The summed E-state index contributed by atoms with van der Waals surface area (Å²) >= 11 is 3.42. The minimum Gasteiger partial charge on any atom is -0.470 e. The third kappa shape index (κ3) is 4.19. The van der Waals surface area contributed by atoms with E-state index in [0.29, 0.717) is 25.4 Å². The molecule has 2 heterocycles. The second kappa shape index (κ2) is 7.92. The topological polar surface area (TPSA) is 42.4 Å². The fourth-order valence-electron chi connectivity index (χ4n) is 3.06. The van der Waals surface area contributed by atoms with Crippen LogP contribution in [0, 0.1) is 0 Å². The van der Waals surface area contributed by atoms with E-state index >= 15 is 0 Å². The Hall–Kier alpha value is -2.66. The number of hydrogen-bond acceptors (Lipinski definition) is 3. The molecule has 5 heteroatoms. The van der Waals surface area contributed by atoms with Crippen LogP contribution < -0.4 is 4.74 Å². The Kier molecular flexibility index (Phi) is 5.21. The van der Waals surface area contributed by atoms with Crippen molar-refractivity contribution in [2.45, 2.75) is 12.5 Å². The molecular weight excluding hydrogens is 404 g/mol. The van der Waals surface area contributed by atoms with Crippen molar-refractivity contribution in [1.82, 2.24) is 9.88 Å². The van der Waals surface area contributed by atoms with Crippen LogP contribution in [0.15, 0.2) is 77.4 Å². The summed E-state index contributed by atoms with van der Waals surface area (Å²) in [4.78, 5) is 18.5. The van der Waals surface area contributed by atoms with Crippen molar-refractivity contribution in [1.29, 1.82) is 0 Å². The van der Waals surface area contributed by atoms with Gasteiger partial charge in [-0.15, -0.1) is 0 Å². The molecule has 136 valence electrons. The maximum absolute atomic E-state index is 12.5. The molecule has 0 bridgehead atoms. The van der Waals surface area contributed by atoms with E-state index in [-0.39, 0.29) is 12.0 Å². The standard InChI is InChI=1S/C22H19BrN2O2/c23-20-7-4-12-24-22(20)27-19-14-25(15-19)21(26)13-16-8-10-18(11-9-16)17-5-2-1-3-6-17/h1-12,19H,13-15H2. The molecule has 0 unspecified atom stereocenters. The summed E-state index contributed by atoms with van der Waals surface area (Å²) in [6.07, 6.45) is 2.11. The first-order chi connectivity index (χ1) is 13.2. The lowest BCUT2D eigenvalue weighted by atomic mass is 10.0. The van der Waals surface area contributed by atoms with Crippen LogP contribution in [0.4, 0.5) is 0 Å². The van der Waals surface area contributed by atoms with E-state index in [1.165, 1.54) is 5.56 Å². The summed E-state index contributed by atoms with van der Waals surface area (Å²) in [5.41, 5.74) is 3.36. The molecule has 0 saturated carbocycles. The third-order valence-corrected chi connectivity index (χ3v) is 5.22. The van der Waals surface area contributed by atoms with Crippen molar-refractivity contribution in [3.05, 3.63) is 83.0 Å². The van der Waals surface area contributed by atoms with Crippen molar-refractivity contribution < 1.29 is 9.53 Å². The highest BCUT2D eigenvalue weighted by Crippen LogP contribution is 2.25. The van der Waals surface area contributed by atoms with Crippen LogP contribution in [-0.2, 0) is 11.2 Å². The number of carbonyl (C=O) groups excluding carboxylic acids is 1. The summed E-state index contributed by atoms with van der Waals surface area (Å²) in [5, 5.41) is 0. The second-order valence-electron chi connectivity index (χ2n) is 6.57. The van der Waals surface area contributed by atoms with Crippen LogP contribution in [0.3, 0.4) is 0 Å². The van der Waals surface area contributed by atoms with Crippen LogP contribution in [0.25, 0.3) is 11.1 Å². The minimum atomic E-state index is 0.000562. The highest BCUT2D eigenvalue weighted by Gasteiger charge is 2.32. The molecule has 1 amide bonds. The number of benzene rings is 2.